The number of hydrogen-bond donors (Lipinski definition) is 0. The number of esters is 1. The van der Waals surface area contributed by atoms with Crippen molar-refractivity contribution in [2.75, 3.05) is 13.7 Å². The monoisotopic (exact) mass is 317 g/mol. The average molecular weight is 317 g/mol. The third-order valence-electron chi connectivity index (χ3n) is 2.96. The number of nitro benzene ring substituents is 1. The van der Waals surface area contributed by atoms with E-state index in [0.29, 0.717) is 17.1 Å². The number of rotatable bonds is 7. The van der Waals surface area contributed by atoms with E-state index in [2.05, 4.69) is 0 Å². The van der Waals surface area contributed by atoms with Gasteiger partial charge in [0.2, 0.25) is 0 Å². The van der Waals surface area contributed by atoms with Gasteiger partial charge >= 0.3 is 5.97 Å². The van der Waals surface area contributed by atoms with E-state index in [1.807, 2.05) is 0 Å². The Balaban J connectivity index is 1.82. The van der Waals surface area contributed by atoms with Gasteiger partial charge in [-0.15, -0.1) is 0 Å². The van der Waals surface area contributed by atoms with Crippen molar-refractivity contribution in [3.05, 3.63) is 64.2 Å². The third kappa shape index (κ3) is 4.70. The van der Waals surface area contributed by atoms with Gasteiger partial charge < -0.3 is 14.2 Å². The van der Waals surface area contributed by atoms with Crippen molar-refractivity contribution in [2.24, 2.45) is 0 Å². The van der Waals surface area contributed by atoms with Crippen LogP contribution in [0.25, 0.3) is 0 Å². The summed E-state index contributed by atoms with van der Waals surface area (Å²) in [5.74, 6) is 0.423. The highest BCUT2D eigenvalue weighted by molar-refractivity contribution is 5.71. The Morgan fingerprint density at radius 2 is 1.74 bits per heavy atom. The lowest BCUT2D eigenvalue weighted by Crippen LogP contribution is -2.15. The molecule has 2 aromatic rings. The predicted octanol–water partition coefficient (Wildman–Crippen LogP) is 2.73. The zero-order valence-electron chi connectivity index (χ0n) is 12.4. The van der Waals surface area contributed by atoms with Crippen molar-refractivity contribution in [1.29, 1.82) is 0 Å². The van der Waals surface area contributed by atoms with Crippen molar-refractivity contribution in [2.45, 2.75) is 6.61 Å². The summed E-state index contributed by atoms with van der Waals surface area (Å²) in [5, 5.41) is 10.5. The molecule has 23 heavy (non-hydrogen) atoms. The van der Waals surface area contributed by atoms with Crippen molar-refractivity contribution in [3.63, 3.8) is 0 Å². The second kappa shape index (κ2) is 7.79. The minimum atomic E-state index is -0.547. The molecule has 0 fully saturated rings. The second-order valence-corrected chi connectivity index (χ2v) is 4.52. The van der Waals surface area contributed by atoms with Crippen LogP contribution in [-0.2, 0) is 16.1 Å². The molecule has 0 aromatic heterocycles. The van der Waals surface area contributed by atoms with Crippen LogP contribution in [0, 0.1) is 10.1 Å². The summed E-state index contributed by atoms with van der Waals surface area (Å²) in [6.07, 6.45) is 0. The smallest absolute Gasteiger partial charge is 0.344 e. The van der Waals surface area contributed by atoms with Crippen LogP contribution in [0.15, 0.2) is 48.5 Å². The number of carbonyl (C=O) groups excluding carboxylic acids is 1. The fourth-order valence-corrected chi connectivity index (χ4v) is 1.79. The molecule has 0 bridgehead atoms. The molecule has 0 unspecified atom stereocenters. The van der Waals surface area contributed by atoms with E-state index in [9.17, 15) is 14.9 Å². The summed E-state index contributed by atoms with van der Waals surface area (Å²) in [6.45, 7) is -0.237. The molecule has 0 saturated carbocycles. The van der Waals surface area contributed by atoms with Gasteiger partial charge in [-0.05, 0) is 29.8 Å². The SMILES string of the molecule is COc1ccccc1OCC(=O)OCc1ccc([N+](=O)[O-])cc1. The number of methoxy groups -OCH3 is 1. The third-order valence-corrected chi connectivity index (χ3v) is 2.96. The minimum absolute atomic E-state index is 0.0143. The molecular weight excluding hydrogens is 302 g/mol. The van der Waals surface area contributed by atoms with Gasteiger partial charge in [0.05, 0.1) is 12.0 Å². The molecular formula is C16H15NO6. The molecule has 0 N–H and O–H groups in total. The first-order valence-corrected chi connectivity index (χ1v) is 6.75. The van der Waals surface area contributed by atoms with Gasteiger partial charge in [0, 0.05) is 12.1 Å². The van der Waals surface area contributed by atoms with Crippen molar-refractivity contribution in [3.8, 4) is 11.5 Å². The first-order chi connectivity index (χ1) is 11.1. The normalized spacial score (nSPS) is 9.96. The van der Waals surface area contributed by atoms with Crippen LogP contribution in [-0.4, -0.2) is 24.6 Å². The van der Waals surface area contributed by atoms with Crippen LogP contribution in [0.2, 0.25) is 0 Å². The lowest BCUT2D eigenvalue weighted by Gasteiger charge is -2.10. The summed E-state index contributed by atoms with van der Waals surface area (Å²) < 4.78 is 15.5. The summed E-state index contributed by atoms with van der Waals surface area (Å²) in [5.41, 5.74) is 0.640. The van der Waals surface area contributed by atoms with Crippen molar-refractivity contribution < 1.29 is 23.9 Å². The molecule has 0 atom stereocenters. The maximum absolute atomic E-state index is 11.7. The van der Waals surface area contributed by atoms with Gasteiger partial charge in [-0.1, -0.05) is 12.1 Å². The lowest BCUT2D eigenvalue weighted by atomic mass is 10.2. The molecule has 0 aliphatic carbocycles. The average Bonchev–Trinajstić information content (AvgIpc) is 2.58. The maximum Gasteiger partial charge on any atom is 0.344 e. The maximum atomic E-state index is 11.7. The highest BCUT2D eigenvalue weighted by Crippen LogP contribution is 2.25. The van der Waals surface area contributed by atoms with Crippen molar-refractivity contribution in [1.82, 2.24) is 0 Å². The predicted molar refractivity (Wildman–Crippen MR) is 81.4 cm³/mol. The van der Waals surface area contributed by atoms with Gasteiger partial charge in [-0.25, -0.2) is 4.79 Å². The molecule has 2 aromatic carbocycles. The van der Waals surface area contributed by atoms with Crippen LogP contribution in [0.5, 0.6) is 11.5 Å². The molecule has 0 aliphatic heterocycles. The lowest BCUT2D eigenvalue weighted by molar-refractivity contribution is -0.384. The molecule has 0 aliphatic rings. The number of carbonyl (C=O) groups is 1. The summed E-state index contributed by atoms with van der Waals surface area (Å²) >= 11 is 0. The fraction of sp³-hybridized carbons (Fsp3) is 0.188. The molecule has 0 heterocycles. The zero-order valence-corrected chi connectivity index (χ0v) is 12.4. The standard InChI is InChI=1S/C16H15NO6/c1-21-14-4-2-3-5-15(14)22-11-16(18)23-10-12-6-8-13(9-7-12)17(19)20/h2-9H,10-11H2,1H3. The summed E-state index contributed by atoms with van der Waals surface area (Å²) in [4.78, 5) is 21.7. The number of para-hydroxylation sites is 2. The topological polar surface area (TPSA) is 87.9 Å². The van der Waals surface area contributed by atoms with Crippen LogP contribution in [0.1, 0.15) is 5.56 Å². The Morgan fingerprint density at radius 3 is 2.35 bits per heavy atom. The number of hydrogen-bond acceptors (Lipinski definition) is 6. The van der Waals surface area contributed by atoms with E-state index in [-0.39, 0.29) is 18.9 Å². The molecule has 7 heteroatoms. The fourth-order valence-electron chi connectivity index (χ4n) is 1.79. The Bertz CT molecular complexity index is 683. The Morgan fingerprint density at radius 1 is 1.09 bits per heavy atom. The van der Waals surface area contributed by atoms with Crippen LogP contribution >= 0.6 is 0 Å². The second-order valence-electron chi connectivity index (χ2n) is 4.52. The number of benzene rings is 2. The largest absolute Gasteiger partial charge is 0.493 e. The number of non-ortho nitro benzene ring substituents is 1. The van der Waals surface area contributed by atoms with E-state index in [1.54, 1.807) is 24.3 Å². The Labute approximate surface area is 132 Å². The van der Waals surface area contributed by atoms with E-state index >= 15 is 0 Å². The first kappa shape index (κ1) is 16.3. The van der Waals surface area contributed by atoms with Gasteiger partial charge in [0.15, 0.2) is 18.1 Å². The Kier molecular flexibility index (Phi) is 5.51. The minimum Gasteiger partial charge on any atom is -0.493 e. The van der Waals surface area contributed by atoms with E-state index in [0.717, 1.165) is 0 Å². The number of nitrogens with zero attached hydrogens (tertiary/aromatic N) is 1. The Hall–Kier alpha value is -3.09. The first-order valence-electron chi connectivity index (χ1n) is 6.75. The zero-order chi connectivity index (χ0) is 16.7. The molecule has 0 spiro atoms. The number of nitro groups is 1. The van der Waals surface area contributed by atoms with Gasteiger partial charge in [0.1, 0.15) is 6.61 Å². The quantitative estimate of drug-likeness (QED) is 0.443. The van der Waals surface area contributed by atoms with Gasteiger partial charge in [-0.2, -0.15) is 0 Å². The molecule has 0 radical (unpaired) electrons. The summed E-state index contributed by atoms with van der Waals surface area (Å²) in [7, 11) is 1.51. The molecule has 0 amide bonds. The number of ether oxygens (including phenoxy) is 3. The molecule has 7 nitrogen and oxygen atoms in total. The van der Waals surface area contributed by atoms with E-state index in [4.69, 9.17) is 14.2 Å². The van der Waals surface area contributed by atoms with Crippen LogP contribution in [0.3, 0.4) is 0 Å². The highest BCUT2D eigenvalue weighted by Gasteiger charge is 2.09. The van der Waals surface area contributed by atoms with Crippen LogP contribution in [0.4, 0.5) is 5.69 Å². The molecule has 0 saturated heterocycles. The van der Waals surface area contributed by atoms with Crippen molar-refractivity contribution >= 4 is 11.7 Å². The molecule has 120 valence electrons. The van der Waals surface area contributed by atoms with E-state index in [1.165, 1.54) is 31.4 Å². The summed E-state index contributed by atoms with van der Waals surface area (Å²) in [6, 6.07) is 12.7. The van der Waals surface area contributed by atoms with Gasteiger partial charge in [-0.3, -0.25) is 10.1 Å². The molecule has 2 rings (SSSR count). The van der Waals surface area contributed by atoms with Crippen LogP contribution < -0.4 is 9.47 Å². The van der Waals surface area contributed by atoms with Gasteiger partial charge in [0.25, 0.3) is 5.69 Å². The highest BCUT2D eigenvalue weighted by atomic mass is 16.6. The van der Waals surface area contributed by atoms with E-state index < -0.39 is 10.9 Å².